The number of nitrogens with one attached hydrogen (secondary N) is 2. The first-order valence-electron chi connectivity index (χ1n) is 8.05. The first kappa shape index (κ1) is 15.4. The number of hydrogen-bond donors (Lipinski definition) is 2. The molecule has 4 rings (SSSR count). The van der Waals surface area contributed by atoms with Gasteiger partial charge in [-0.25, -0.2) is 0 Å². The van der Waals surface area contributed by atoms with Gasteiger partial charge in [0.05, 0.1) is 17.1 Å². The summed E-state index contributed by atoms with van der Waals surface area (Å²) in [4.78, 5) is 26.6. The molecule has 3 aromatic rings. The lowest BCUT2D eigenvalue weighted by molar-refractivity contribution is -0.121. The van der Waals surface area contributed by atoms with Crippen molar-refractivity contribution in [1.29, 1.82) is 0 Å². The lowest BCUT2D eigenvalue weighted by Crippen LogP contribution is -2.33. The summed E-state index contributed by atoms with van der Waals surface area (Å²) in [6.07, 6.45) is 1.73. The highest BCUT2D eigenvalue weighted by Gasteiger charge is 2.42. The number of aromatic nitrogens is 2. The molecule has 1 aliphatic rings. The second kappa shape index (κ2) is 5.17. The summed E-state index contributed by atoms with van der Waals surface area (Å²) in [5.74, 6) is -0.177. The minimum absolute atomic E-state index is 0.0322. The molecule has 2 aromatic carbocycles. The molecule has 2 amide bonds. The van der Waals surface area contributed by atoms with Gasteiger partial charge in [0.2, 0.25) is 5.91 Å². The fourth-order valence-corrected chi connectivity index (χ4v) is 3.33. The third-order valence-electron chi connectivity index (χ3n) is 4.83. The van der Waals surface area contributed by atoms with Crippen LogP contribution in [0.25, 0.3) is 10.9 Å². The Balaban J connectivity index is 1.65. The number of aromatic amines is 1. The van der Waals surface area contributed by atoms with Gasteiger partial charge in [-0.2, -0.15) is 5.10 Å². The van der Waals surface area contributed by atoms with E-state index < -0.39 is 5.41 Å². The van der Waals surface area contributed by atoms with Gasteiger partial charge in [0.1, 0.15) is 0 Å². The van der Waals surface area contributed by atoms with E-state index in [1.807, 2.05) is 38.1 Å². The Hall–Kier alpha value is -3.15. The number of carbonyl (C=O) groups excluding carboxylic acids is 2. The second-order valence-corrected chi connectivity index (χ2v) is 6.85. The molecule has 1 aliphatic heterocycles. The normalized spacial score (nSPS) is 15.5. The second-order valence-electron chi connectivity index (χ2n) is 6.85. The summed E-state index contributed by atoms with van der Waals surface area (Å²) >= 11 is 0. The molecule has 6 heteroatoms. The third-order valence-corrected chi connectivity index (χ3v) is 4.83. The maximum atomic E-state index is 12.6. The zero-order valence-corrected chi connectivity index (χ0v) is 14.3. The minimum atomic E-state index is -0.630. The SMILES string of the molecule is CN1C(=O)C(C)(C)c2cc(C(=O)Nc3ccc4cn[nH]c4c3)ccc21. The largest absolute Gasteiger partial charge is 0.322 e. The van der Waals surface area contributed by atoms with Gasteiger partial charge in [-0.15, -0.1) is 0 Å². The topological polar surface area (TPSA) is 78.1 Å². The summed E-state index contributed by atoms with van der Waals surface area (Å²) in [6.45, 7) is 3.76. The molecular weight excluding hydrogens is 316 g/mol. The van der Waals surface area contributed by atoms with Crippen molar-refractivity contribution in [2.45, 2.75) is 19.3 Å². The number of rotatable bonds is 2. The van der Waals surface area contributed by atoms with E-state index in [1.54, 1.807) is 30.3 Å². The lowest BCUT2D eigenvalue weighted by atomic mass is 9.85. The van der Waals surface area contributed by atoms with E-state index in [2.05, 4.69) is 15.5 Å². The van der Waals surface area contributed by atoms with E-state index in [-0.39, 0.29) is 11.8 Å². The van der Waals surface area contributed by atoms with Gasteiger partial charge >= 0.3 is 0 Å². The highest BCUT2D eigenvalue weighted by molar-refractivity contribution is 6.10. The lowest BCUT2D eigenvalue weighted by Gasteiger charge is -2.16. The van der Waals surface area contributed by atoms with E-state index in [0.29, 0.717) is 11.3 Å². The Kier molecular flexibility index (Phi) is 3.18. The van der Waals surface area contributed by atoms with Gasteiger partial charge < -0.3 is 10.2 Å². The van der Waals surface area contributed by atoms with Gasteiger partial charge in [0.15, 0.2) is 0 Å². The molecule has 0 saturated heterocycles. The van der Waals surface area contributed by atoms with Crippen molar-refractivity contribution in [1.82, 2.24) is 10.2 Å². The van der Waals surface area contributed by atoms with Crippen LogP contribution in [0.1, 0.15) is 29.8 Å². The Morgan fingerprint density at radius 2 is 2.00 bits per heavy atom. The van der Waals surface area contributed by atoms with Gasteiger partial charge in [-0.05, 0) is 55.8 Å². The van der Waals surface area contributed by atoms with Crippen LogP contribution in [0, 0.1) is 0 Å². The molecule has 2 N–H and O–H groups in total. The number of benzene rings is 2. The van der Waals surface area contributed by atoms with Crippen molar-refractivity contribution in [3.8, 4) is 0 Å². The molecule has 0 aliphatic carbocycles. The van der Waals surface area contributed by atoms with Crippen molar-refractivity contribution in [3.63, 3.8) is 0 Å². The van der Waals surface area contributed by atoms with Crippen LogP contribution in [-0.2, 0) is 10.2 Å². The number of nitrogens with zero attached hydrogens (tertiary/aromatic N) is 2. The maximum Gasteiger partial charge on any atom is 0.255 e. The Morgan fingerprint density at radius 3 is 2.80 bits per heavy atom. The van der Waals surface area contributed by atoms with Crippen LogP contribution in [0.3, 0.4) is 0 Å². The molecule has 126 valence electrons. The molecule has 2 heterocycles. The van der Waals surface area contributed by atoms with Crippen LogP contribution in [0.2, 0.25) is 0 Å². The van der Waals surface area contributed by atoms with Gasteiger partial charge in [-0.1, -0.05) is 0 Å². The standard InChI is InChI=1S/C19H18N4O2/c1-19(2)14-8-11(5-7-16(14)23(3)18(19)25)17(24)21-13-6-4-12-10-20-22-15(12)9-13/h4-10H,1-3H3,(H,20,22)(H,21,24). The number of H-pyrrole nitrogens is 1. The van der Waals surface area contributed by atoms with Gasteiger partial charge in [0.25, 0.3) is 5.91 Å². The number of hydrogen-bond acceptors (Lipinski definition) is 3. The molecule has 0 radical (unpaired) electrons. The first-order chi connectivity index (χ1) is 11.9. The summed E-state index contributed by atoms with van der Waals surface area (Å²) < 4.78 is 0. The molecule has 0 bridgehead atoms. The smallest absolute Gasteiger partial charge is 0.255 e. The average Bonchev–Trinajstić information content (AvgIpc) is 3.13. The highest BCUT2D eigenvalue weighted by atomic mass is 16.2. The maximum absolute atomic E-state index is 12.6. The van der Waals surface area contributed by atoms with E-state index in [0.717, 1.165) is 22.2 Å². The van der Waals surface area contributed by atoms with E-state index in [9.17, 15) is 9.59 Å². The molecule has 25 heavy (non-hydrogen) atoms. The summed E-state index contributed by atoms with van der Waals surface area (Å²) in [7, 11) is 1.76. The fraction of sp³-hybridized carbons (Fsp3) is 0.211. The van der Waals surface area contributed by atoms with Crippen LogP contribution in [0.5, 0.6) is 0 Å². The zero-order chi connectivity index (χ0) is 17.8. The number of likely N-dealkylation sites (N-methyl/N-ethyl adjacent to an activating group) is 1. The highest BCUT2D eigenvalue weighted by Crippen LogP contribution is 2.41. The number of carbonyl (C=O) groups is 2. The number of anilines is 2. The van der Waals surface area contributed by atoms with Crippen molar-refractivity contribution < 1.29 is 9.59 Å². The van der Waals surface area contributed by atoms with Crippen molar-refractivity contribution in [2.24, 2.45) is 0 Å². The monoisotopic (exact) mass is 334 g/mol. The van der Waals surface area contributed by atoms with Gasteiger partial charge in [0, 0.05) is 29.4 Å². The van der Waals surface area contributed by atoms with E-state index in [1.165, 1.54) is 0 Å². The first-order valence-corrected chi connectivity index (χ1v) is 8.05. The average molecular weight is 334 g/mol. The molecule has 0 saturated carbocycles. The van der Waals surface area contributed by atoms with Crippen LogP contribution in [-0.4, -0.2) is 29.1 Å². The predicted octanol–water partition coefficient (Wildman–Crippen LogP) is 3.07. The van der Waals surface area contributed by atoms with Crippen molar-refractivity contribution >= 4 is 34.1 Å². The summed E-state index contributed by atoms with van der Waals surface area (Å²) in [5, 5.41) is 10.7. The minimum Gasteiger partial charge on any atom is -0.322 e. The third kappa shape index (κ3) is 2.29. The predicted molar refractivity (Wildman–Crippen MR) is 96.9 cm³/mol. The Morgan fingerprint density at radius 1 is 1.20 bits per heavy atom. The van der Waals surface area contributed by atoms with E-state index >= 15 is 0 Å². The quantitative estimate of drug-likeness (QED) is 0.756. The van der Waals surface area contributed by atoms with Crippen LogP contribution >= 0.6 is 0 Å². The zero-order valence-electron chi connectivity index (χ0n) is 14.3. The summed E-state index contributed by atoms with van der Waals surface area (Å²) in [5.41, 5.74) is 3.17. The fourth-order valence-electron chi connectivity index (χ4n) is 3.33. The molecule has 0 unspecified atom stereocenters. The molecule has 0 spiro atoms. The molecule has 0 atom stereocenters. The molecule has 1 aromatic heterocycles. The van der Waals surface area contributed by atoms with Crippen LogP contribution < -0.4 is 10.2 Å². The summed E-state index contributed by atoms with van der Waals surface area (Å²) in [6, 6.07) is 11.0. The Bertz CT molecular complexity index is 1020. The molecule has 0 fully saturated rings. The van der Waals surface area contributed by atoms with Gasteiger partial charge in [-0.3, -0.25) is 14.7 Å². The molecule has 6 nitrogen and oxygen atoms in total. The Labute approximate surface area is 144 Å². The van der Waals surface area contributed by atoms with E-state index in [4.69, 9.17) is 0 Å². The van der Waals surface area contributed by atoms with Crippen LogP contribution in [0.15, 0.2) is 42.6 Å². The number of amides is 2. The van der Waals surface area contributed by atoms with Crippen molar-refractivity contribution in [3.05, 3.63) is 53.7 Å². The molecular formula is C19H18N4O2. The van der Waals surface area contributed by atoms with Crippen molar-refractivity contribution in [2.75, 3.05) is 17.3 Å². The number of fused-ring (bicyclic) bond motifs is 2. The van der Waals surface area contributed by atoms with Crippen LogP contribution in [0.4, 0.5) is 11.4 Å².